The van der Waals surface area contributed by atoms with Crippen LogP contribution in [0.4, 0.5) is 5.69 Å². The molecule has 1 aromatic heterocycles. The highest BCUT2D eigenvalue weighted by molar-refractivity contribution is 5.92. The first-order chi connectivity index (χ1) is 10.4. The van der Waals surface area contributed by atoms with Crippen LogP contribution in [0.15, 0.2) is 30.5 Å². The number of ether oxygens (including phenoxy) is 1. The fourth-order valence-electron chi connectivity index (χ4n) is 2.39. The lowest BCUT2D eigenvalue weighted by molar-refractivity contribution is -0.128. The van der Waals surface area contributed by atoms with Crippen LogP contribution in [0.5, 0.6) is 0 Å². The summed E-state index contributed by atoms with van der Waals surface area (Å²) < 4.78 is 4.81. The van der Waals surface area contributed by atoms with Gasteiger partial charge in [-0.2, -0.15) is 0 Å². The molecule has 0 bridgehead atoms. The Kier molecular flexibility index (Phi) is 6.00. The maximum Gasteiger partial charge on any atom is 0.293 e. The second-order valence-electron chi connectivity index (χ2n) is 5.03. The highest BCUT2D eigenvalue weighted by Crippen LogP contribution is 2.26. The summed E-state index contributed by atoms with van der Waals surface area (Å²) >= 11 is 0. The molecule has 0 spiro atoms. The number of hydrogen-bond acceptors (Lipinski definition) is 4. The van der Waals surface area contributed by atoms with Crippen LogP contribution in [0.2, 0.25) is 0 Å². The molecule has 1 heterocycles. The summed E-state index contributed by atoms with van der Waals surface area (Å²) in [6.07, 6.45) is 6.13. The number of unbranched alkanes of at least 4 members (excludes halogenated alkanes) is 2. The molecule has 4 heteroatoms. The molecule has 1 aromatic carbocycles. The first-order valence-corrected chi connectivity index (χ1v) is 7.52. The first-order valence-electron chi connectivity index (χ1n) is 7.52. The molecule has 0 aliphatic heterocycles. The van der Waals surface area contributed by atoms with Gasteiger partial charge in [0.25, 0.3) is 6.47 Å². The van der Waals surface area contributed by atoms with E-state index in [1.165, 1.54) is 12.8 Å². The molecule has 0 aliphatic rings. The van der Waals surface area contributed by atoms with Crippen molar-refractivity contribution in [1.82, 2.24) is 4.98 Å². The number of anilines is 1. The molecule has 2 aromatic rings. The van der Waals surface area contributed by atoms with Gasteiger partial charge in [0.15, 0.2) is 0 Å². The molecule has 4 nitrogen and oxygen atoms in total. The van der Waals surface area contributed by atoms with Crippen LogP contribution < -0.4 is 5.32 Å². The van der Waals surface area contributed by atoms with E-state index in [9.17, 15) is 4.79 Å². The molecule has 21 heavy (non-hydrogen) atoms. The summed E-state index contributed by atoms with van der Waals surface area (Å²) in [7, 11) is 0. The van der Waals surface area contributed by atoms with Crippen molar-refractivity contribution < 1.29 is 9.53 Å². The highest BCUT2D eigenvalue weighted by atomic mass is 16.5. The van der Waals surface area contributed by atoms with E-state index in [4.69, 9.17) is 4.74 Å². The molecular weight excluding hydrogens is 264 g/mol. The number of benzene rings is 1. The molecule has 0 amide bonds. The summed E-state index contributed by atoms with van der Waals surface area (Å²) in [5, 5.41) is 4.66. The Morgan fingerprint density at radius 1 is 1.29 bits per heavy atom. The van der Waals surface area contributed by atoms with Gasteiger partial charge in [-0.05, 0) is 18.1 Å². The number of aromatic nitrogens is 1. The monoisotopic (exact) mass is 286 g/mol. The summed E-state index contributed by atoms with van der Waals surface area (Å²) in [5.41, 5.74) is 3.19. The summed E-state index contributed by atoms with van der Waals surface area (Å²) in [5.74, 6) is 0. The van der Waals surface area contributed by atoms with Gasteiger partial charge in [-0.1, -0.05) is 38.0 Å². The van der Waals surface area contributed by atoms with Crippen molar-refractivity contribution >= 4 is 23.1 Å². The van der Waals surface area contributed by atoms with E-state index in [0.717, 1.165) is 35.1 Å². The predicted octanol–water partition coefficient (Wildman–Crippen LogP) is 3.55. The molecule has 112 valence electrons. The lowest BCUT2D eigenvalue weighted by Crippen LogP contribution is -2.07. The fraction of sp³-hybridized carbons (Fsp3) is 0.412. The number of fused-ring (bicyclic) bond motifs is 1. The number of nitrogens with one attached hydrogen (secondary N) is 1. The Labute approximate surface area is 125 Å². The average Bonchev–Trinajstić information content (AvgIpc) is 2.53. The number of hydrogen-bond donors (Lipinski definition) is 1. The zero-order valence-electron chi connectivity index (χ0n) is 12.5. The molecular formula is C17H22N2O2. The number of rotatable bonds is 9. The van der Waals surface area contributed by atoms with Crippen molar-refractivity contribution in [1.29, 1.82) is 0 Å². The lowest BCUT2D eigenvalue weighted by atomic mass is 10.1. The van der Waals surface area contributed by atoms with E-state index in [0.29, 0.717) is 19.5 Å². The molecule has 0 saturated carbocycles. The van der Waals surface area contributed by atoms with Crippen LogP contribution in [0.3, 0.4) is 0 Å². The number of carbonyl (C=O) groups excluding carboxylic acids is 1. The van der Waals surface area contributed by atoms with Gasteiger partial charge in [-0.25, -0.2) is 0 Å². The summed E-state index contributed by atoms with van der Waals surface area (Å²) in [4.78, 5) is 14.8. The Morgan fingerprint density at radius 3 is 2.95 bits per heavy atom. The molecule has 0 radical (unpaired) electrons. The third-order valence-electron chi connectivity index (χ3n) is 3.49. The van der Waals surface area contributed by atoms with Crippen LogP contribution in [0.1, 0.15) is 31.7 Å². The van der Waals surface area contributed by atoms with Gasteiger partial charge in [0.05, 0.1) is 12.1 Å². The summed E-state index contributed by atoms with van der Waals surface area (Å²) in [6, 6.07) is 8.10. The van der Waals surface area contributed by atoms with Crippen LogP contribution in [-0.2, 0) is 16.0 Å². The quantitative estimate of drug-likeness (QED) is 0.566. The number of para-hydroxylation sites is 1. The zero-order chi connectivity index (χ0) is 14.9. The maximum atomic E-state index is 10.3. The number of carbonyl (C=O) groups is 1. The molecule has 1 N–H and O–H groups in total. The van der Waals surface area contributed by atoms with Crippen molar-refractivity contribution in [3.63, 3.8) is 0 Å². The molecule has 0 aliphatic carbocycles. The largest absolute Gasteiger partial charge is 0.468 e. The smallest absolute Gasteiger partial charge is 0.293 e. The van der Waals surface area contributed by atoms with E-state index in [1.54, 1.807) is 0 Å². The minimum Gasteiger partial charge on any atom is -0.468 e. The van der Waals surface area contributed by atoms with E-state index < -0.39 is 0 Å². The van der Waals surface area contributed by atoms with Gasteiger partial charge in [0.1, 0.15) is 0 Å². The Hall–Kier alpha value is -2.10. The van der Waals surface area contributed by atoms with Gasteiger partial charge in [-0.3, -0.25) is 9.78 Å². The zero-order valence-corrected chi connectivity index (χ0v) is 12.5. The first kappa shape index (κ1) is 15.3. The Bertz CT molecular complexity index is 584. The minimum atomic E-state index is 0.382. The molecule has 0 unspecified atom stereocenters. The normalized spacial score (nSPS) is 10.5. The standard InChI is InChI=1S/C17H22N2O2/c1-2-3-6-10-18-17-14(9-11-21-13-20)12-19-16-8-5-4-7-15(16)17/h4-5,7-8,12-13H,2-3,6,9-11H2,1H3,(H,18,19). The lowest BCUT2D eigenvalue weighted by Gasteiger charge is -2.14. The average molecular weight is 286 g/mol. The van der Waals surface area contributed by atoms with Crippen molar-refractivity contribution in [3.8, 4) is 0 Å². The highest BCUT2D eigenvalue weighted by Gasteiger charge is 2.08. The van der Waals surface area contributed by atoms with Gasteiger partial charge >= 0.3 is 0 Å². The fourth-order valence-corrected chi connectivity index (χ4v) is 2.39. The van der Waals surface area contributed by atoms with Crippen LogP contribution >= 0.6 is 0 Å². The van der Waals surface area contributed by atoms with Crippen molar-refractivity contribution in [2.24, 2.45) is 0 Å². The third-order valence-corrected chi connectivity index (χ3v) is 3.49. The maximum absolute atomic E-state index is 10.3. The van der Waals surface area contributed by atoms with Gasteiger partial charge < -0.3 is 10.1 Å². The van der Waals surface area contributed by atoms with Crippen LogP contribution in [-0.4, -0.2) is 24.6 Å². The van der Waals surface area contributed by atoms with E-state index >= 15 is 0 Å². The predicted molar refractivity (Wildman–Crippen MR) is 85.5 cm³/mol. The van der Waals surface area contributed by atoms with Gasteiger partial charge in [-0.15, -0.1) is 0 Å². The van der Waals surface area contributed by atoms with Crippen molar-refractivity contribution in [3.05, 3.63) is 36.0 Å². The van der Waals surface area contributed by atoms with E-state index in [-0.39, 0.29) is 0 Å². The molecule has 0 fully saturated rings. The van der Waals surface area contributed by atoms with Crippen molar-refractivity contribution in [2.45, 2.75) is 32.6 Å². The topological polar surface area (TPSA) is 51.2 Å². The van der Waals surface area contributed by atoms with E-state index in [2.05, 4.69) is 23.3 Å². The van der Waals surface area contributed by atoms with Gasteiger partial charge in [0.2, 0.25) is 0 Å². The second kappa shape index (κ2) is 8.25. The SMILES string of the molecule is CCCCCNc1c(CCOC=O)cnc2ccccc12. The Morgan fingerprint density at radius 2 is 2.14 bits per heavy atom. The minimum absolute atomic E-state index is 0.382. The number of nitrogens with zero attached hydrogens (tertiary/aromatic N) is 1. The second-order valence-corrected chi connectivity index (χ2v) is 5.03. The van der Waals surface area contributed by atoms with Crippen LogP contribution in [0.25, 0.3) is 10.9 Å². The van der Waals surface area contributed by atoms with E-state index in [1.807, 2.05) is 24.4 Å². The summed E-state index contributed by atoms with van der Waals surface area (Å²) in [6.45, 7) is 4.02. The molecule has 0 saturated heterocycles. The Balaban J connectivity index is 2.21. The van der Waals surface area contributed by atoms with Crippen LogP contribution in [0, 0.1) is 0 Å². The molecule has 2 rings (SSSR count). The number of pyridine rings is 1. The third kappa shape index (κ3) is 4.18. The van der Waals surface area contributed by atoms with Crippen molar-refractivity contribution in [2.75, 3.05) is 18.5 Å². The van der Waals surface area contributed by atoms with Gasteiger partial charge in [0, 0.05) is 30.2 Å². The molecule has 0 atom stereocenters.